The molecule has 0 saturated carbocycles. The molecule has 2 saturated heterocycles. The van der Waals surface area contributed by atoms with Crippen LogP contribution >= 0.6 is 11.6 Å². The maximum absolute atomic E-state index is 13.8. The molecule has 56 heavy (non-hydrogen) atoms. The number of nitrogens with one attached hydrogen (secondary N) is 1. The molecule has 2 aliphatic heterocycles. The van der Waals surface area contributed by atoms with Gasteiger partial charge in [0.1, 0.15) is 43.4 Å². The number of hydrogen-bond acceptors (Lipinski definition) is 11. The molecule has 1 N–H and O–H groups in total. The molecular weight excluding hydrogens is 744 g/mol. The van der Waals surface area contributed by atoms with Crippen molar-refractivity contribution in [3.05, 3.63) is 142 Å². The molecule has 14 nitrogen and oxygen atoms in total. The van der Waals surface area contributed by atoms with E-state index in [2.05, 4.69) is 15.3 Å². The van der Waals surface area contributed by atoms with Gasteiger partial charge in [0.05, 0.1) is 12.7 Å². The van der Waals surface area contributed by atoms with Gasteiger partial charge in [-0.05, 0) is 40.3 Å². The number of alkyl carbamates (subject to hydrolysis) is 1. The smallest absolute Gasteiger partial charge is 0.407 e. The number of hydrogen-bond donors (Lipinski definition) is 1. The highest BCUT2D eigenvalue weighted by molar-refractivity contribution is 6.26. The summed E-state index contributed by atoms with van der Waals surface area (Å²) in [5, 5.41) is 6.51. The molecule has 290 valence electrons. The van der Waals surface area contributed by atoms with Crippen LogP contribution in [0.1, 0.15) is 41.4 Å². The lowest BCUT2D eigenvalue weighted by molar-refractivity contribution is -0.347. The number of azide groups is 1. The maximum Gasteiger partial charge on any atom is 0.407 e. The van der Waals surface area contributed by atoms with Gasteiger partial charge in [0.15, 0.2) is 18.6 Å². The van der Waals surface area contributed by atoms with Crippen molar-refractivity contribution in [3.63, 3.8) is 0 Å². The lowest BCUT2D eigenvalue weighted by atomic mass is 9.95. The zero-order valence-corrected chi connectivity index (χ0v) is 31.0. The maximum atomic E-state index is 13.8. The first-order valence-corrected chi connectivity index (χ1v) is 18.6. The predicted octanol–water partition coefficient (Wildman–Crippen LogP) is 6.71. The summed E-state index contributed by atoms with van der Waals surface area (Å²) in [5.74, 6) is -2.35. The Labute approximate surface area is 327 Å². The van der Waals surface area contributed by atoms with Gasteiger partial charge in [-0.15, -0.1) is 11.6 Å². The first-order chi connectivity index (χ1) is 27.3. The summed E-state index contributed by atoms with van der Waals surface area (Å²) in [6.45, 7) is 1.40. The standard InChI is InChI=1S/C41H39ClN4O10/c1-24(53-40-35(45-46-43)37(55-33(47)20-42)36-32(54-40)23-51-39(56-36)26-14-6-3-7-15-26)34(38(48)50-21-25-12-4-2-5-13-25)44-41(49)52-22-31-29-18-10-8-16-27(29)28-17-9-11-19-30(28)31/h2-19,24,31-32,34-37,39-40H,20-23H2,1H3,(H,44,49)/t24-,32-,34+,35-,36+,37-,39+,40+/m1/s1. The van der Waals surface area contributed by atoms with E-state index < -0.39 is 73.0 Å². The minimum Gasteiger partial charge on any atom is -0.459 e. The van der Waals surface area contributed by atoms with Crippen LogP contribution < -0.4 is 5.32 Å². The predicted molar refractivity (Wildman–Crippen MR) is 201 cm³/mol. The highest BCUT2D eigenvalue weighted by Crippen LogP contribution is 2.44. The van der Waals surface area contributed by atoms with Gasteiger partial charge in [-0.25, -0.2) is 9.59 Å². The Bertz CT molecular complexity index is 2010. The third-order valence-corrected chi connectivity index (χ3v) is 10.1. The molecule has 0 unspecified atom stereocenters. The van der Waals surface area contributed by atoms with E-state index in [1.165, 1.54) is 6.92 Å². The van der Waals surface area contributed by atoms with Gasteiger partial charge in [-0.3, -0.25) is 4.79 Å². The summed E-state index contributed by atoms with van der Waals surface area (Å²) in [7, 11) is 0. The molecule has 7 rings (SSSR count). The van der Waals surface area contributed by atoms with Gasteiger partial charge >= 0.3 is 18.0 Å². The third kappa shape index (κ3) is 8.66. The molecule has 0 spiro atoms. The highest BCUT2D eigenvalue weighted by Gasteiger charge is 2.53. The van der Waals surface area contributed by atoms with Crippen molar-refractivity contribution >= 4 is 29.6 Å². The average molecular weight is 783 g/mol. The highest BCUT2D eigenvalue weighted by atomic mass is 35.5. The SMILES string of the molecule is C[C@@H](O[C@H]1O[C@@H]2CO[C@H](c3ccccc3)O[C@@H]2[C@H](OC(=O)CCl)[C@H]1N=[N+]=[N-])[C@H](NC(=O)OCC1c2ccccc2-c2ccccc21)C(=O)OCc1ccccc1. The molecule has 8 atom stereocenters. The third-order valence-electron chi connectivity index (χ3n) is 9.85. The number of rotatable bonds is 13. The Balaban J connectivity index is 1.10. The molecule has 4 aromatic rings. The minimum atomic E-state index is -1.44. The van der Waals surface area contributed by atoms with Crippen LogP contribution in [0.25, 0.3) is 21.6 Å². The number of ether oxygens (including phenoxy) is 7. The van der Waals surface area contributed by atoms with E-state index in [1.807, 2.05) is 84.9 Å². The van der Waals surface area contributed by atoms with Crippen molar-refractivity contribution < 1.29 is 47.5 Å². The number of benzene rings is 4. The van der Waals surface area contributed by atoms with Crippen LogP contribution in [0.5, 0.6) is 0 Å². The Morgan fingerprint density at radius 3 is 2.20 bits per heavy atom. The Morgan fingerprint density at radius 2 is 1.54 bits per heavy atom. The van der Waals surface area contributed by atoms with Gasteiger partial charge in [0, 0.05) is 16.4 Å². The summed E-state index contributed by atoms with van der Waals surface area (Å²) in [5.41, 5.74) is 15.2. The lowest BCUT2D eigenvalue weighted by Crippen LogP contribution is -2.64. The lowest BCUT2D eigenvalue weighted by Gasteiger charge is -2.48. The van der Waals surface area contributed by atoms with E-state index in [4.69, 9.17) is 44.8 Å². The van der Waals surface area contributed by atoms with Gasteiger partial charge in [0.2, 0.25) is 0 Å². The van der Waals surface area contributed by atoms with E-state index in [1.54, 1.807) is 24.3 Å². The van der Waals surface area contributed by atoms with Crippen LogP contribution in [-0.2, 0) is 49.4 Å². The fourth-order valence-corrected chi connectivity index (χ4v) is 7.26. The van der Waals surface area contributed by atoms with Crippen molar-refractivity contribution in [3.8, 4) is 11.1 Å². The second-order valence-electron chi connectivity index (χ2n) is 13.4. The van der Waals surface area contributed by atoms with Crippen molar-refractivity contribution in [2.75, 3.05) is 19.1 Å². The number of carbonyl (C=O) groups excluding carboxylic acids is 3. The number of alkyl halides is 1. The number of esters is 2. The Kier molecular flexibility index (Phi) is 12.5. The summed E-state index contributed by atoms with van der Waals surface area (Å²) in [6.07, 6.45) is -7.39. The first kappa shape index (κ1) is 38.8. The second-order valence-corrected chi connectivity index (χ2v) is 13.7. The van der Waals surface area contributed by atoms with Crippen LogP contribution in [0.2, 0.25) is 0 Å². The van der Waals surface area contributed by atoms with Crippen molar-refractivity contribution in [2.24, 2.45) is 5.11 Å². The number of nitrogens with zero attached hydrogens (tertiary/aromatic N) is 3. The summed E-state index contributed by atoms with van der Waals surface area (Å²) >= 11 is 5.82. The monoisotopic (exact) mass is 782 g/mol. The first-order valence-electron chi connectivity index (χ1n) is 18.1. The van der Waals surface area contributed by atoms with Gasteiger partial charge in [-0.2, -0.15) is 0 Å². The molecule has 0 aromatic heterocycles. The van der Waals surface area contributed by atoms with Crippen LogP contribution in [0.3, 0.4) is 0 Å². The molecule has 0 bridgehead atoms. The zero-order chi connectivity index (χ0) is 39.0. The number of halogens is 1. The van der Waals surface area contributed by atoms with E-state index in [-0.39, 0.29) is 25.7 Å². The van der Waals surface area contributed by atoms with Crippen LogP contribution in [0.15, 0.2) is 114 Å². The normalized spacial score (nSPS) is 23.5. The van der Waals surface area contributed by atoms with E-state index >= 15 is 0 Å². The van der Waals surface area contributed by atoms with Gasteiger partial charge in [-0.1, -0.05) is 114 Å². The Hall–Kier alpha value is -5.47. The summed E-state index contributed by atoms with van der Waals surface area (Å²) in [6, 6.07) is 31.2. The van der Waals surface area contributed by atoms with Crippen LogP contribution in [0.4, 0.5) is 4.79 Å². The molecule has 1 aliphatic carbocycles. The summed E-state index contributed by atoms with van der Waals surface area (Å²) in [4.78, 5) is 42.9. The van der Waals surface area contributed by atoms with Gasteiger partial charge in [0.25, 0.3) is 0 Å². The second kappa shape index (κ2) is 18.0. The molecule has 3 aliphatic rings. The molecule has 1 amide bonds. The molecular formula is C41H39ClN4O10. The number of carbonyl (C=O) groups is 3. The van der Waals surface area contributed by atoms with Crippen molar-refractivity contribution in [1.29, 1.82) is 0 Å². The van der Waals surface area contributed by atoms with E-state index in [0.29, 0.717) is 5.56 Å². The molecule has 2 fully saturated rings. The topological polar surface area (TPSA) is 177 Å². The average Bonchev–Trinajstić information content (AvgIpc) is 3.56. The van der Waals surface area contributed by atoms with Crippen molar-refractivity contribution in [1.82, 2.24) is 5.32 Å². The van der Waals surface area contributed by atoms with Crippen LogP contribution in [-0.4, -0.2) is 79.9 Å². The molecule has 15 heteroatoms. The number of fused-ring (bicyclic) bond motifs is 4. The molecule has 2 heterocycles. The molecule has 4 aromatic carbocycles. The summed E-state index contributed by atoms with van der Waals surface area (Å²) < 4.78 is 41.8. The fourth-order valence-electron chi connectivity index (χ4n) is 7.20. The Morgan fingerprint density at radius 1 is 0.893 bits per heavy atom. The van der Waals surface area contributed by atoms with E-state index in [0.717, 1.165) is 27.8 Å². The fraction of sp³-hybridized carbons (Fsp3) is 0.341. The largest absolute Gasteiger partial charge is 0.459 e. The van der Waals surface area contributed by atoms with Gasteiger partial charge < -0.3 is 38.5 Å². The van der Waals surface area contributed by atoms with E-state index in [9.17, 15) is 19.9 Å². The number of amides is 1. The van der Waals surface area contributed by atoms with Crippen molar-refractivity contribution in [2.45, 2.75) is 68.5 Å². The quantitative estimate of drug-likeness (QED) is 0.0383. The molecule has 0 radical (unpaired) electrons. The zero-order valence-electron chi connectivity index (χ0n) is 30.2. The van der Waals surface area contributed by atoms with Crippen LogP contribution in [0, 0.1) is 0 Å². The minimum absolute atomic E-state index is 0.00770.